The van der Waals surface area contributed by atoms with Gasteiger partial charge < -0.3 is 9.47 Å². The highest BCUT2D eigenvalue weighted by atomic mass is 16.5. The van der Waals surface area contributed by atoms with Gasteiger partial charge in [0, 0.05) is 17.7 Å². The Kier molecular flexibility index (Phi) is 4.70. The van der Waals surface area contributed by atoms with E-state index in [1.807, 2.05) is 0 Å². The van der Waals surface area contributed by atoms with Crippen molar-refractivity contribution < 1.29 is 9.47 Å². The molecule has 1 aromatic carbocycles. The molecule has 0 spiro atoms. The van der Waals surface area contributed by atoms with Crippen molar-refractivity contribution in [3.05, 3.63) is 23.3 Å². The standard InChI is InChI=1S/C16H25NO2/c1-12(2)15-14(18-3)8-7-13(16(15)19-4)11-17-9-5-6-10-17/h7-8,12H,5-6,9-11H2,1-4H3. The van der Waals surface area contributed by atoms with Gasteiger partial charge in [-0.3, -0.25) is 4.90 Å². The highest BCUT2D eigenvalue weighted by Crippen LogP contribution is 2.38. The SMILES string of the molecule is COc1ccc(CN2CCCC2)c(OC)c1C(C)C. The van der Waals surface area contributed by atoms with Gasteiger partial charge in [-0.05, 0) is 37.9 Å². The second-order valence-corrected chi connectivity index (χ2v) is 5.51. The quantitative estimate of drug-likeness (QED) is 0.812. The van der Waals surface area contributed by atoms with Gasteiger partial charge in [-0.2, -0.15) is 0 Å². The minimum absolute atomic E-state index is 0.392. The molecule has 0 radical (unpaired) electrons. The maximum Gasteiger partial charge on any atom is 0.130 e. The molecule has 3 heteroatoms. The third-order valence-electron chi connectivity index (χ3n) is 3.83. The fourth-order valence-corrected chi connectivity index (χ4v) is 2.90. The second-order valence-electron chi connectivity index (χ2n) is 5.51. The summed E-state index contributed by atoms with van der Waals surface area (Å²) in [6, 6.07) is 4.21. The molecule has 1 heterocycles. The Hall–Kier alpha value is -1.22. The molecule has 0 amide bonds. The molecule has 0 atom stereocenters. The summed E-state index contributed by atoms with van der Waals surface area (Å²) in [5, 5.41) is 0. The van der Waals surface area contributed by atoms with Crippen molar-refractivity contribution in [3.63, 3.8) is 0 Å². The second kappa shape index (κ2) is 6.29. The molecule has 0 N–H and O–H groups in total. The van der Waals surface area contributed by atoms with E-state index in [1.54, 1.807) is 14.2 Å². The summed E-state index contributed by atoms with van der Waals surface area (Å²) >= 11 is 0. The van der Waals surface area contributed by atoms with Gasteiger partial charge in [0.25, 0.3) is 0 Å². The molecule has 0 unspecified atom stereocenters. The Morgan fingerprint density at radius 1 is 1.11 bits per heavy atom. The normalized spacial score (nSPS) is 16.1. The van der Waals surface area contributed by atoms with Crippen LogP contribution in [0.25, 0.3) is 0 Å². The van der Waals surface area contributed by atoms with Crippen molar-refractivity contribution in [2.75, 3.05) is 27.3 Å². The van der Waals surface area contributed by atoms with Crippen LogP contribution in [0.2, 0.25) is 0 Å². The molecule has 1 aromatic rings. The third-order valence-corrected chi connectivity index (χ3v) is 3.83. The number of nitrogens with zero attached hydrogens (tertiary/aromatic N) is 1. The minimum Gasteiger partial charge on any atom is -0.496 e. The van der Waals surface area contributed by atoms with E-state index in [9.17, 15) is 0 Å². The van der Waals surface area contributed by atoms with E-state index in [0.717, 1.165) is 18.0 Å². The van der Waals surface area contributed by atoms with Crippen LogP contribution >= 0.6 is 0 Å². The van der Waals surface area contributed by atoms with E-state index in [-0.39, 0.29) is 0 Å². The highest BCUT2D eigenvalue weighted by molar-refractivity contribution is 5.51. The van der Waals surface area contributed by atoms with Gasteiger partial charge in [0.15, 0.2) is 0 Å². The molecule has 1 aliphatic rings. The Bertz CT molecular complexity index is 423. The first-order valence-electron chi connectivity index (χ1n) is 7.13. The van der Waals surface area contributed by atoms with Crippen molar-refractivity contribution in [1.82, 2.24) is 4.90 Å². The average molecular weight is 263 g/mol. The van der Waals surface area contributed by atoms with Gasteiger partial charge in [-0.15, -0.1) is 0 Å². The van der Waals surface area contributed by atoms with Crippen LogP contribution < -0.4 is 9.47 Å². The number of likely N-dealkylation sites (tertiary alicyclic amines) is 1. The predicted octanol–water partition coefficient (Wildman–Crippen LogP) is 3.42. The van der Waals surface area contributed by atoms with Crippen LogP contribution in [0.15, 0.2) is 12.1 Å². The Labute approximate surface area is 116 Å². The van der Waals surface area contributed by atoms with Crippen LogP contribution in [0, 0.1) is 0 Å². The number of benzene rings is 1. The minimum atomic E-state index is 0.392. The molecule has 1 fully saturated rings. The van der Waals surface area contributed by atoms with Crippen LogP contribution in [0.4, 0.5) is 0 Å². The van der Waals surface area contributed by atoms with E-state index in [4.69, 9.17) is 9.47 Å². The lowest BCUT2D eigenvalue weighted by Gasteiger charge is -2.22. The molecule has 3 nitrogen and oxygen atoms in total. The zero-order chi connectivity index (χ0) is 13.8. The summed E-state index contributed by atoms with van der Waals surface area (Å²) in [4.78, 5) is 2.49. The van der Waals surface area contributed by atoms with Crippen LogP contribution in [0.1, 0.15) is 43.7 Å². The molecule has 106 valence electrons. The van der Waals surface area contributed by atoms with Crippen molar-refractivity contribution in [3.8, 4) is 11.5 Å². The largest absolute Gasteiger partial charge is 0.496 e. The summed E-state index contributed by atoms with van der Waals surface area (Å²) in [6.07, 6.45) is 2.63. The first kappa shape index (κ1) is 14.2. The molecule has 1 aliphatic heterocycles. The van der Waals surface area contributed by atoms with Crippen molar-refractivity contribution in [2.24, 2.45) is 0 Å². The first-order chi connectivity index (χ1) is 9.17. The smallest absolute Gasteiger partial charge is 0.130 e. The van der Waals surface area contributed by atoms with Crippen LogP contribution in [-0.2, 0) is 6.54 Å². The predicted molar refractivity (Wildman–Crippen MR) is 78.1 cm³/mol. The average Bonchev–Trinajstić information content (AvgIpc) is 2.90. The van der Waals surface area contributed by atoms with E-state index >= 15 is 0 Å². The molecule has 2 rings (SSSR count). The van der Waals surface area contributed by atoms with Gasteiger partial charge in [0.1, 0.15) is 11.5 Å². The Balaban J connectivity index is 2.34. The third kappa shape index (κ3) is 3.03. The molecule has 19 heavy (non-hydrogen) atoms. The van der Waals surface area contributed by atoms with Gasteiger partial charge in [0.05, 0.1) is 14.2 Å². The molecule has 0 bridgehead atoms. The van der Waals surface area contributed by atoms with Crippen LogP contribution in [-0.4, -0.2) is 32.2 Å². The number of ether oxygens (including phenoxy) is 2. The topological polar surface area (TPSA) is 21.7 Å². The van der Waals surface area contributed by atoms with Crippen LogP contribution in [0.5, 0.6) is 11.5 Å². The molecular formula is C16H25NO2. The van der Waals surface area contributed by atoms with Crippen molar-refractivity contribution in [2.45, 2.75) is 39.2 Å². The highest BCUT2D eigenvalue weighted by Gasteiger charge is 2.20. The van der Waals surface area contributed by atoms with Crippen LogP contribution in [0.3, 0.4) is 0 Å². The summed E-state index contributed by atoms with van der Waals surface area (Å²) in [7, 11) is 3.48. The van der Waals surface area contributed by atoms with Gasteiger partial charge >= 0.3 is 0 Å². The van der Waals surface area contributed by atoms with Crippen molar-refractivity contribution >= 4 is 0 Å². The summed E-state index contributed by atoms with van der Waals surface area (Å²) < 4.78 is 11.2. The fraction of sp³-hybridized carbons (Fsp3) is 0.625. The van der Waals surface area contributed by atoms with E-state index in [0.29, 0.717) is 5.92 Å². The lowest BCUT2D eigenvalue weighted by Crippen LogP contribution is -2.19. The molecular weight excluding hydrogens is 238 g/mol. The fourth-order valence-electron chi connectivity index (χ4n) is 2.90. The lowest BCUT2D eigenvalue weighted by atomic mass is 9.97. The monoisotopic (exact) mass is 263 g/mol. The maximum absolute atomic E-state index is 5.68. The summed E-state index contributed by atoms with van der Waals surface area (Å²) in [5.41, 5.74) is 2.45. The summed E-state index contributed by atoms with van der Waals surface area (Å²) in [6.45, 7) is 7.74. The zero-order valence-corrected chi connectivity index (χ0v) is 12.5. The van der Waals surface area contributed by atoms with E-state index < -0.39 is 0 Å². The number of methoxy groups -OCH3 is 2. The van der Waals surface area contributed by atoms with Crippen molar-refractivity contribution in [1.29, 1.82) is 0 Å². The first-order valence-corrected chi connectivity index (χ1v) is 7.13. The summed E-state index contributed by atoms with van der Waals surface area (Å²) in [5.74, 6) is 2.32. The molecule has 0 aromatic heterocycles. The van der Waals surface area contributed by atoms with Gasteiger partial charge in [-0.25, -0.2) is 0 Å². The Morgan fingerprint density at radius 3 is 2.32 bits per heavy atom. The molecule has 1 saturated heterocycles. The number of hydrogen-bond acceptors (Lipinski definition) is 3. The van der Waals surface area contributed by atoms with E-state index in [1.165, 1.54) is 37.1 Å². The molecule has 0 aliphatic carbocycles. The lowest BCUT2D eigenvalue weighted by molar-refractivity contribution is 0.317. The van der Waals surface area contributed by atoms with Gasteiger partial charge in [-0.1, -0.05) is 19.9 Å². The Morgan fingerprint density at radius 2 is 1.79 bits per heavy atom. The maximum atomic E-state index is 5.68. The van der Waals surface area contributed by atoms with E-state index in [2.05, 4.69) is 30.9 Å². The van der Waals surface area contributed by atoms with Gasteiger partial charge in [0.2, 0.25) is 0 Å². The number of hydrogen-bond donors (Lipinski definition) is 0. The zero-order valence-electron chi connectivity index (χ0n) is 12.5. The number of rotatable bonds is 5. The molecule has 0 saturated carbocycles.